The second-order valence-corrected chi connectivity index (χ2v) is 12.5. The molecular formula is C31H56N4O4. The molecule has 3 unspecified atom stereocenters. The lowest BCUT2D eigenvalue weighted by atomic mass is 9.79. The van der Waals surface area contributed by atoms with E-state index in [1.807, 2.05) is 0 Å². The predicted molar refractivity (Wildman–Crippen MR) is 155 cm³/mol. The first kappa shape index (κ1) is 31.9. The Labute approximate surface area is 237 Å². The molecule has 8 heteroatoms. The molecule has 0 aromatic carbocycles. The van der Waals surface area contributed by atoms with Crippen LogP contribution in [0, 0.1) is 23.7 Å². The highest BCUT2D eigenvalue weighted by Gasteiger charge is 2.34. The molecular weight excluding hydrogens is 492 g/mol. The molecule has 39 heavy (non-hydrogen) atoms. The van der Waals surface area contributed by atoms with Crippen LogP contribution in [0.4, 0.5) is 0 Å². The van der Waals surface area contributed by atoms with Gasteiger partial charge in [-0.25, -0.2) is 0 Å². The number of hydrogen-bond acceptors (Lipinski definition) is 5. The predicted octanol–water partition coefficient (Wildman–Crippen LogP) is 4.28. The summed E-state index contributed by atoms with van der Waals surface area (Å²) in [6, 6.07) is 0.215. The van der Waals surface area contributed by atoms with E-state index in [0.29, 0.717) is 18.5 Å². The second kappa shape index (κ2) is 16.6. The van der Waals surface area contributed by atoms with Crippen LogP contribution in [-0.2, 0) is 14.4 Å². The average molecular weight is 549 g/mol. The minimum Gasteiger partial charge on any atom is -0.481 e. The molecule has 0 bridgehead atoms. The molecule has 0 saturated carbocycles. The van der Waals surface area contributed by atoms with Crippen molar-refractivity contribution in [1.82, 2.24) is 20.4 Å². The van der Waals surface area contributed by atoms with Crippen molar-refractivity contribution in [2.45, 2.75) is 116 Å². The number of carboxylic acids is 1. The smallest absolute Gasteiger partial charge is 0.305 e. The molecule has 8 nitrogen and oxygen atoms in total. The number of aliphatic carboxylic acids is 1. The van der Waals surface area contributed by atoms with E-state index in [-0.39, 0.29) is 36.6 Å². The van der Waals surface area contributed by atoms with Crippen LogP contribution in [-0.4, -0.2) is 84.0 Å². The molecule has 3 heterocycles. The third-order valence-electron chi connectivity index (χ3n) is 9.77. The fourth-order valence-electron chi connectivity index (χ4n) is 7.35. The van der Waals surface area contributed by atoms with Gasteiger partial charge < -0.3 is 25.5 Å². The number of nitrogens with zero attached hydrogens (tertiary/aromatic N) is 2. The van der Waals surface area contributed by atoms with Gasteiger partial charge in [0, 0.05) is 31.1 Å². The van der Waals surface area contributed by atoms with Crippen molar-refractivity contribution >= 4 is 17.8 Å². The topological polar surface area (TPSA) is 102 Å². The average Bonchev–Trinajstić information content (AvgIpc) is 2.93. The Balaban J connectivity index is 1.49. The molecule has 3 rings (SSSR count). The van der Waals surface area contributed by atoms with Gasteiger partial charge in [0.25, 0.3) is 0 Å². The molecule has 3 fully saturated rings. The van der Waals surface area contributed by atoms with Crippen molar-refractivity contribution in [2.75, 3.05) is 39.3 Å². The van der Waals surface area contributed by atoms with Gasteiger partial charge >= 0.3 is 5.97 Å². The molecule has 0 aromatic rings. The standard InChI is InChI=1S/C31H56N4O4/c1-4-7-10-24(5-2)27-19-23(15-16-32-27)13-14-25-11-9-18-35(31(25)39)22-29(36)33-28(20-30(37)38)26-12-8-17-34(6-3)21-26/h23-28,32H,4-22H2,1-3H3,(H,33,36)(H,37,38)/t23?,24-,25-,26?,27?,28-/m0/s1. The van der Waals surface area contributed by atoms with E-state index in [1.54, 1.807) is 4.90 Å². The third-order valence-corrected chi connectivity index (χ3v) is 9.77. The van der Waals surface area contributed by atoms with Crippen molar-refractivity contribution in [3.05, 3.63) is 0 Å². The number of carbonyl (C=O) groups is 3. The molecule has 0 radical (unpaired) electrons. The van der Waals surface area contributed by atoms with Gasteiger partial charge in [0.15, 0.2) is 0 Å². The number of rotatable bonds is 15. The monoisotopic (exact) mass is 548 g/mol. The van der Waals surface area contributed by atoms with Crippen LogP contribution >= 0.6 is 0 Å². The Morgan fingerprint density at radius 3 is 2.62 bits per heavy atom. The van der Waals surface area contributed by atoms with Crippen molar-refractivity contribution in [3.8, 4) is 0 Å². The summed E-state index contributed by atoms with van der Waals surface area (Å²) in [5.74, 6) is 0.567. The van der Waals surface area contributed by atoms with Crippen molar-refractivity contribution in [2.24, 2.45) is 23.7 Å². The zero-order valence-electron chi connectivity index (χ0n) is 25.0. The maximum atomic E-state index is 13.4. The number of piperidine rings is 3. The highest BCUT2D eigenvalue weighted by Crippen LogP contribution is 2.32. The summed E-state index contributed by atoms with van der Waals surface area (Å²) < 4.78 is 0. The minimum atomic E-state index is -0.890. The number of amides is 2. The van der Waals surface area contributed by atoms with Crippen LogP contribution in [0.15, 0.2) is 0 Å². The van der Waals surface area contributed by atoms with E-state index in [9.17, 15) is 19.5 Å². The van der Waals surface area contributed by atoms with E-state index in [2.05, 4.69) is 36.3 Å². The summed E-state index contributed by atoms with van der Waals surface area (Å²) in [6.45, 7) is 11.2. The summed E-state index contributed by atoms with van der Waals surface area (Å²) in [4.78, 5) is 42.0. The molecule has 3 aliphatic rings. The van der Waals surface area contributed by atoms with Gasteiger partial charge in [0.05, 0.1) is 13.0 Å². The summed E-state index contributed by atoms with van der Waals surface area (Å²) in [6.07, 6.45) is 13.2. The summed E-state index contributed by atoms with van der Waals surface area (Å²) in [5.41, 5.74) is 0. The van der Waals surface area contributed by atoms with Gasteiger partial charge in [-0.15, -0.1) is 0 Å². The Kier molecular flexibility index (Phi) is 13.5. The molecule has 3 N–H and O–H groups in total. The maximum Gasteiger partial charge on any atom is 0.305 e. The van der Waals surface area contributed by atoms with Gasteiger partial charge in [-0.1, -0.05) is 40.0 Å². The molecule has 3 saturated heterocycles. The zero-order valence-corrected chi connectivity index (χ0v) is 25.0. The van der Waals surface area contributed by atoms with Crippen LogP contribution < -0.4 is 10.6 Å². The van der Waals surface area contributed by atoms with E-state index >= 15 is 0 Å². The minimum absolute atomic E-state index is 0.00761. The SMILES string of the molecule is CCCC[C@H](CC)C1CC(CC[C@@H]2CCCN(CC(=O)N[C@@H](CC(=O)O)C3CCCN(CC)C3)C2=O)CCN1. The van der Waals surface area contributed by atoms with E-state index in [4.69, 9.17) is 0 Å². The molecule has 0 aliphatic carbocycles. The van der Waals surface area contributed by atoms with Crippen LogP contribution in [0.3, 0.4) is 0 Å². The van der Waals surface area contributed by atoms with E-state index in [0.717, 1.165) is 70.6 Å². The van der Waals surface area contributed by atoms with Gasteiger partial charge in [-0.2, -0.15) is 0 Å². The van der Waals surface area contributed by atoms with Gasteiger partial charge in [-0.05, 0) is 95.2 Å². The van der Waals surface area contributed by atoms with Gasteiger partial charge in [0.2, 0.25) is 11.8 Å². The summed E-state index contributed by atoms with van der Waals surface area (Å²) >= 11 is 0. The van der Waals surface area contributed by atoms with E-state index < -0.39 is 12.0 Å². The Hall–Kier alpha value is -1.67. The zero-order chi connectivity index (χ0) is 28.2. The quantitative estimate of drug-likeness (QED) is 0.282. The molecule has 3 aliphatic heterocycles. The number of hydrogen-bond donors (Lipinski definition) is 3. The fraction of sp³-hybridized carbons (Fsp3) is 0.903. The van der Waals surface area contributed by atoms with Crippen LogP contribution in [0.5, 0.6) is 0 Å². The number of carboxylic acid groups (broad SMARTS) is 1. The van der Waals surface area contributed by atoms with Crippen molar-refractivity contribution < 1.29 is 19.5 Å². The highest BCUT2D eigenvalue weighted by molar-refractivity contribution is 5.86. The number of likely N-dealkylation sites (tertiary alicyclic amines) is 2. The Morgan fingerprint density at radius 1 is 1.10 bits per heavy atom. The van der Waals surface area contributed by atoms with Gasteiger partial charge in [0.1, 0.15) is 0 Å². The largest absolute Gasteiger partial charge is 0.481 e. The second-order valence-electron chi connectivity index (χ2n) is 12.5. The van der Waals surface area contributed by atoms with E-state index in [1.165, 1.54) is 38.5 Å². The highest BCUT2D eigenvalue weighted by atomic mass is 16.4. The summed E-state index contributed by atoms with van der Waals surface area (Å²) in [7, 11) is 0. The molecule has 0 aromatic heterocycles. The number of unbranched alkanes of at least 4 members (excludes halogenated alkanes) is 1. The lowest BCUT2D eigenvalue weighted by molar-refractivity contribution is -0.143. The third kappa shape index (κ3) is 10.0. The lowest BCUT2D eigenvalue weighted by Gasteiger charge is -2.38. The number of carbonyl (C=O) groups excluding carboxylic acids is 2. The first-order valence-corrected chi connectivity index (χ1v) is 16.1. The normalized spacial score (nSPS) is 28.2. The van der Waals surface area contributed by atoms with Crippen molar-refractivity contribution in [1.29, 1.82) is 0 Å². The maximum absolute atomic E-state index is 13.4. The Morgan fingerprint density at radius 2 is 1.90 bits per heavy atom. The molecule has 224 valence electrons. The van der Waals surface area contributed by atoms with Gasteiger partial charge in [-0.3, -0.25) is 14.4 Å². The van der Waals surface area contributed by atoms with Crippen LogP contribution in [0.2, 0.25) is 0 Å². The Bertz CT molecular complexity index is 778. The molecule has 2 amide bonds. The first-order valence-electron chi connectivity index (χ1n) is 16.1. The molecule has 0 spiro atoms. The van der Waals surface area contributed by atoms with Crippen LogP contribution in [0.1, 0.15) is 104 Å². The fourth-order valence-corrected chi connectivity index (χ4v) is 7.35. The van der Waals surface area contributed by atoms with Crippen molar-refractivity contribution in [3.63, 3.8) is 0 Å². The lowest BCUT2D eigenvalue weighted by Crippen LogP contribution is -2.52. The molecule has 6 atom stereocenters. The summed E-state index contributed by atoms with van der Waals surface area (Å²) in [5, 5.41) is 16.3. The first-order chi connectivity index (χ1) is 18.8. The van der Waals surface area contributed by atoms with Crippen LogP contribution in [0.25, 0.3) is 0 Å². The number of nitrogens with one attached hydrogen (secondary N) is 2.